The number of hydrogen-bond donors (Lipinski definition) is 1. The van der Waals surface area contributed by atoms with Crippen molar-refractivity contribution in [2.75, 3.05) is 0 Å². The second-order valence-corrected chi connectivity index (χ2v) is 4.89. The van der Waals surface area contributed by atoms with Gasteiger partial charge in [0.25, 0.3) is 0 Å². The average Bonchev–Trinajstić information content (AvgIpc) is 2.38. The van der Waals surface area contributed by atoms with Crippen LogP contribution in [-0.2, 0) is 6.42 Å². The molecule has 1 heterocycles. The maximum Gasteiger partial charge on any atom is 0.102 e. The molecule has 1 aliphatic heterocycles. The molecule has 0 radical (unpaired) electrons. The van der Waals surface area contributed by atoms with Crippen molar-refractivity contribution in [3.05, 3.63) is 70.2 Å². The molecule has 0 saturated carbocycles. The van der Waals surface area contributed by atoms with Gasteiger partial charge in [0.15, 0.2) is 0 Å². The molecule has 0 aromatic heterocycles. The summed E-state index contributed by atoms with van der Waals surface area (Å²) >= 11 is 5.92. The highest BCUT2D eigenvalue weighted by atomic mass is 35.5. The summed E-state index contributed by atoms with van der Waals surface area (Å²) in [5.41, 5.74) is 9.54. The third kappa shape index (κ3) is 2.75. The Balaban J connectivity index is 0.00000133. The van der Waals surface area contributed by atoms with Gasteiger partial charge in [0.1, 0.15) is 6.04 Å². The molecule has 1 unspecified atom stereocenters. The molecule has 1 aliphatic rings. The van der Waals surface area contributed by atoms with Gasteiger partial charge in [-0.3, -0.25) is 4.99 Å². The Kier molecular flexibility index (Phi) is 4.13. The summed E-state index contributed by atoms with van der Waals surface area (Å²) in [6, 6.07) is 16.1. The number of halogens is 2. The Morgan fingerprint density at radius 1 is 1.05 bits per heavy atom. The van der Waals surface area contributed by atoms with E-state index in [4.69, 9.17) is 17.3 Å². The molecule has 0 bridgehead atoms. The standard InChI is InChI=1S/C15H13ClN2.ClH/c16-12-7-5-10(6-8-12)15-13-4-2-1-3-11(13)9-14(17)18-15;/h1-8,15H,9H2,(H2,17,18);1H. The van der Waals surface area contributed by atoms with Crippen LogP contribution in [0.3, 0.4) is 0 Å². The van der Waals surface area contributed by atoms with Gasteiger partial charge in [0, 0.05) is 11.4 Å². The summed E-state index contributed by atoms with van der Waals surface area (Å²) in [6.45, 7) is 0. The molecule has 1 atom stereocenters. The highest BCUT2D eigenvalue weighted by molar-refractivity contribution is 6.30. The molecule has 2 nitrogen and oxygen atoms in total. The van der Waals surface area contributed by atoms with Crippen LogP contribution in [0.1, 0.15) is 22.7 Å². The largest absolute Gasteiger partial charge is 0.387 e. The van der Waals surface area contributed by atoms with Gasteiger partial charge in [-0.15, -0.1) is 12.4 Å². The zero-order chi connectivity index (χ0) is 12.5. The quantitative estimate of drug-likeness (QED) is 0.854. The predicted molar refractivity (Wildman–Crippen MR) is 82.3 cm³/mol. The molecule has 19 heavy (non-hydrogen) atoms. The SMILES string of the molecule is Cl.NC1=NC(c2ccc(Cl)cc2)c2ccccc2C1. The van der Waals surface area contributed by atoms with Gasteiger partial charge < -0.3 is 5.73 Å². The Morgan fingerprint density at radius 3 is 2.47 bits per heavy atom. The lowest BCUT2D eigenvalue weighted by Crippen LogP contribution is -2.22. The van der Waals surface area contributed by atoms with Crippen LogP contribution in [0.2, 0.25) is 5.02 Å². The van der Waals surface area contributed by atoms with E-state index in [0.29, 0.717) is 5.84 Å². The number of nitrogens with zero attached hydrogens (tertiary/aromatic N) is 1. The Labute approximate surface area is 123 Å². The molecule has 0 aliphatic carbocycles. The minimum absolute atomic E-state index is 0. The molecular weight excluding hydrogens is 279 g/mol. The van der Waals surface area contributed by atoms with E-state index in [1.54, 1.807) is 0 Å². The van der Waals surface area contributed by atoms with Crippen LogP contribution in [0, 0.1) is 0 Å². The van der Waals surface area contributed by atoms with Crippen molar-refractivity contribution in [3.8, 4) is 0 Å². The fourth-order valence-electron chi connectivity index (χ4n) is 2.34. The first kappa shape index (κ1) is 13.9. The summed E-state index contributed by atoms with van der Waals surface area (Å²) in [7, 11) is 0. The molecular formula is C15H14Cl2N2. The first-order chi connectivity index (χ1) is 8.74. The summed E-state index contributed by atoms with van der Waals surface area (Å²) in [5, 5.41) is 0.736. The van der Waals surface area contributed by atoms with E-state index in [1.165, 1.54) is 11.1 Å². The van der Waals surface area contributed by atoms with Crippen molar-refractivity contribution < 1.29 is 0 Å². The monoisotopic (exact) mass is 292 g/mol. The molecule has 0 saturated heterocycles. The van der Waals surface area contributed by atoms with Crippen LogP contribution in [-0.4, -0.2) is 5.84 Å². The van der Waals surface area contributed by atoms with E-state index >= 15 is 0 Å². The smallest absolute Gasteiger partial charge is 0.102 e. The second kappa shape index (κ2) is 5.64. The van der Waals surface area contributed by atoms with Gasteiger partial charge in [-0.2, -0.15) is 0 Å². The second-order valence-electron chi connectivity index (χ2n) is 4.45. The number of benzene rings is 2. The Morgan fingerprint density at radius 2 is 1.74 bits per heavy atom. The molecule has 4 heteroatoms. The minimum atomic E-state index is -0.00721. The van der Waals surface area contributed by atoms with Gasteiger partial charge in [0.05, 0.1) is 5.84 Å². The molecule has 0 spiro atoms. The van der Waals surface area contributed by atoms with Gasteiger partial charge >= 0.3 is 0 Å². The lowest BCUT2D eigenvalue weighted by Gasteiger charge is -2.22. The number of fused-ring (bicyclic) bond motifs is 1. The highest BCUT2D eigenvalue weighted by Crippen LogP contribution is 2.32. The van der Waals surface area contributed by atoms with Gasteiger partial charge in [-0.25, -0.2) is 0 Å². The first-order valence-corrected chi connectivity index (χ1v) is 6.27. The minimum Gasteiger partial charge on any atom is -0.387 e. The fraction of sp³-hybridized carbons (Fsp3) is 0.133. The summed E-state index contributed by atoms with van der Waals surface area (Å²) in [6.07, 6.45) is 0.736. The Hall–Kier alpha value is -1.51. The molecule has 98 valence electrons. The van der Waals surface area contributed by atoms with Crippen molar-refractivity contribution in [2.24, 2.45) is 10.7 Å². The lowest BCUT2D eigenvalue weighted by atomic mass is 9.91. The van der Waals surface area contributed by atoms with Crippen molar-refractivity contribution in [2.45, 2.75) is 12.5 Å². The molecule has 2 aromatic carbocycles. The van der Waals surface area contributed by atoms with E-state index in [1.807, 2.05) is 36.4 Å². The van der Waals surface area contributed by atoms with Crippen LogP contribution in [0.15, 0.2) is 53.5 Å². The van der Waals surface area contributed by atoms with E-state index in [0.717, 1.165) is 17.0 Å². The fourth-order valence-corrected chi connectivity index (χ4v) is 2.46. The zero-order valence-corrected chi connectivity index (χ0v) is 11.8. The Bertz CT molecular complexity index is 606. The van der Waals surface area contributed by atoms with Crippen molar-refractivity contribution in [1.29, 1.82) is 0 Å². The number of nitrogens with two attached hydrogens (primary N) is 1. The van der Waals surface area contributed by atoms with Gasteiger partial charge in [0.2, 0.25) is 0 Å². The number of amidine groups is 1. The molecule has 2 N–H and O–H groups in total. The summed E-state index contributed by atoms with van der Waals surface area (Å²) in [5.74, 6) is 0.689. The molecule has 0 amide bonds. The van der Waals surface area contributed by atoms with E-state index in [2.05, 4.69) is 17.1 Å². The van der Waals surface area contributed by atoms with Crippen molar-refractivity contribution in [3.63, 3.8) is 0 Å². The summed E-state index contributed by atoms with van der Waals surface area (Å²) in [4.78, 5) is 4.57. The number of aliphatic imine (C=N–C) groups is 1. The normalized spacial score (nSPS) is 17.1. The zero-order valence-electron chi connectivity index (χ0n) is 10.2. The van der Waals surface area contributed by atoms with Crippen molar-refractivity contribution >= 4 is 29.8 Å². The maximum absolute atomic E-state index is 5.93. The third-order valence-electron chi connectivity index (χ3n) is 3.20. The van der Waals surface area contributed by atoms with Gasteiger partial charge in [-0.1, -0.05) is 48.0 Å². The first-order valence-electron chi connectivity index (χ1n) is 5.89. The van der Waals surface area contributed by atoms with Crippen LogP contribution < -0.4 is 5.73 Å². The molecule has 0 fully saturated rings. The lowest BCUT2D eigenvalue weighted by molar-refractivity contribution is 0.829. The van der Waals surface area contributed by atoms with Crippen LogP contribution in [0.25, 0.3) is 0 Å². The molecule has 2 aromatic rings. The van der Waals surface area contributed by atoms with Gasteiger partial charge in [-0.05, 0) is 28.8 Å². The topological polar surface area (TPSA) is 38.4 Å². The van der Waals surface area contributed by atoms with Crippen LogP contribution >= 0.6 is 24.0 Å². The summed E-state index contributed by atoms with van der Waals surface area (Å²) < 4.78 is 0. The number of rotatable bonds is 1. The van der Waals surface area contributed by atoms with Crippen LogP contribution in [0.4, 0.5) is 0 Å². The number of hydrogen-bond acceptors (Lipinski definition) is 2. The maximum atomic E-state index is 5.93. The van der Waals surface area contributed by atoms with E-state index in [-0.39, 0.29) is 18.4 Å². The predicted octanol–water partition coefficient (Wildman–Crippen LogP) is 3.76. The van der Waals surface area contributed by atoms with Crippen molar-refractivity contribution in [1.82, 2.24) is 0 Å². The van der Waals surface area contributed by atoms with E-state index in [9.17, 15) is 0 Å². The average molecular weight is 293 g/mol. The molecule has 3 rings (SSSR count). The van der Waals surface area contributed by atoms with Crippen LogP contribution in [0.5, 0.6) is 0 Å². The van der Waals surface area contributed by atoms with E-state index < -0.39 is 0 Å². The highest BCUT2D eigenvalue weighted by Gasteiger charge is 2.21. The third-order valence-corrected chi connectivity index (χ3v) is 3.45.